The molecule has 2 saturated heterocycles. The number of hydrogen-bond acceptors (Lipinski definition) is 3. The highest BCUT2D eigenvalue weighted by atomic mass is 16.3. The van der Waals surface area contributed by atoms with Gasteiger partial charge in [-0.1, -0.05) is 12.8 Å². The zero-order valence-electron chi connectivity index (χ0n) is 11.0. The number of nitrogens with zero attached hydrogens (tertiary/aromatic N) is 2. The number of aliphatic hydroxyl groups excluding tert-OH is 1. The van der Waals surface area contributed by atoms with E-state index in [0.29, 0.717) is 6.04 Å². The van der Waals surface area contributed by atoms with Crippen molar-refractivity contribution < 1.29 is 5.11 Å². The zero-order chi connectivity index (χ0) is 11.8. The van der Waals surface area contributed by atoms with Crippen LogP contribution in [0.2, 0.25) is 0 Å². The second-order valence-corrected chi connectivity index (χ2v) is 6.25. The molecule has 0 aromatic carbocycles. The smallest absolute Gasteiger partial charge is 0.0695 e. The van der Waals surface area contributed by atoms with E-state index in [1.807, 2.05) is 0 Å². The Morgan fingerprint density at radius 2 is 1.71 bits per heavy atom. The standard InChI is InChI=1S/C14H26N2O/c1-15-11-6-7-12(15)10-16(9-8-11)13-4-2-3-5-14(13)17/h11-14,17H,2-10H2,1H3/t11?,12?,13-,14-/m0/s1. The normalized spacial score (nSPS) is 44.8. The van der Waals surface area contributed by atoms with Gasteiger partial charge in [0.25, 0.3) is 0 Å². The molecule has 3 rings (SSSR count). The van der Waals surface area contributed by atoms with Crippen molar-refractivity contribution in [3.05, 3.63) is 0 Å². The second-order valence-electron chi connectivity index (χ2n) is 6.25. The van der Waals surface area contributed by atoms with E-state index < -0.39 is 0 Å². The van der Waals surface area contributed by atoms with Crippen LogP contribution in [0.4, 0.5) is 0 Å². The van der Waals surface area contributed by atoms with E-state index >= 15 is 0 Å². The van der Waals surface area contributed by atoms with Crippen LogP contribution in [0.25, 0.3) is 0 Å². The monoisotopic (exact) mass is 238 g/mol. The SMILES string of the molecule is CN1C2CCC1CN([C@H]1CCCC[C@@H]1O)CC2. The Balaban J connectivity index is 1.68. The predicted octanol–water partition coefficient (Wildman–Crippen LogP) is 1.46. The Morgan fingerprint density at radius 3 is 2.53 bits per heavy atom. The molecule has 4 atom stereocenters. The van der Waals surface area contributed by atoms with Gasteiger partial charge in [-0.15, -0.1) is 0 Å². The van der Waals surface area contributed by atoms with Gasteiger partial charge in [-0.05, 0) is 39.2 Å². The molecule has 2 unspecified atom stereocenters. The van der Waals surface area contributed by atoms with Gasteiger partial charge in [-0.3, -0.25) is 9.80 Å². The van der Waals surface area contributed by atoms with Crippen LogP contribution in [0.3, 0.4) is 0 Å². The molecule has 0 spiro atoms. The van der Waals surface area contributed by atoms with Gasteiger partial charge in [0.15, 0.2) is 0 Å². The minimum Gasteiger partial charge on any atom is -0.391 e. The average Bonchev–Trinajstić information content (AvgIpc) is 2.55. The van der Waals surface area contributed by atoms with Gasteiger partial charge < -0.3 is 5.11 Å². The van der Waals surface area contributed by atoms with Gasteiger partial charge in [0.2, 0.25) is 0 Å². The molecule has 3 heteroatoms. The highest BCUT2D eigenvalue weighted by molar-refractivity contribution is 4.94. The van der Waals surface area contributed by atoms with E-state index in [-0.39, 0.29) is 6.10 Å². The van der Waals surface area contributed by atoms with Crippen molar-refractivity contribution >= 4 is 0 Å². The highest BCUT2D eigenvalue weighted by Crippen LogP contribution is 2.32. The van der Waals surface area contributed by atoms with Gasteiger partial charge in [0.1, 0.15) is 0 Å². The van der Waals surface area contributed by atoms with E-state index in [0.717, 1.165) is 18.5 Å². The summed E-state index contributed by atoms with van der Waals surface area (Å²) in [6.07, 6.45) is 8.75. The third-order valence-corrected chi connectivity index (χ3v) is 5.34. The number of aliphatic hydroxyl groups is 1. The van der Waals surface area contributed by atoms with Crippen molar-refractivity contribution in [1.82, 2.24) is 9.80 Å². The molecular formula is C14H26N2O. The average molecular weight is 238 g/mol. The number of hydrogen-bond donors (Lipinski definition) is 1. The summed E-state index contributed by atoms with van der Waals surface area (Å²) in [6, 6.07) is 2.01. The lowest BCUT2D eigenvalue weighted by atomic mass is 9.90. The summed E-state index contributed by atoms with van der Waals surface area (Å²) in [7, 11) is 2.29. The predicted molar refractivity (Wildman–Crippen MR) is 69.0 cm³/mol. The molecule has 3 fully saturated rings. The number of likely N-dealkylation sites (N-methyl/N-ethyl adjacent to an activating group) is 1. The molecule has 17 heavy (non-hydrogen) atoms. The fourth-order valence-corrected chi connectivity index (χ4v) is 4.15. The topological polar surface area (TPSA) is 26.7 Å². The summed E-state index contributed by atoms with van der Waals surface area (Å²) >= 11 is 0. The molecule has 3 nitrogen and oxygen atoms in total. The van der Waals surface area contributed by atoms with Gasteiger partial charge >= 0.3 is 0 Å². The fraction of sp³-hybridized carbons (Fsp3) is 1.00. The van der Waals surface area contributed by atoms with E-state index in [1.54, 1.807) is 0 Å². The van der Waals surface area contributed by atoms with Crippen molar-refractivity contribution in [2.75, 3.05) is 20.1 Å². The molecular weight excluding hydrogens is 212 g/mol. The van der Waals surface area contributed by atoms with E-state index in [4.69, 9.17) is 0 Å². The first kappa shape index (κ1) is 11.9. The lowest BCUT2D eigenvalue weighted by molar-refractivity contribution is 0.0161. The van der Waals surface area contributed by atoms with Gasteiger partial charge in [0.05, 0.1) is 6.10 Å². The molecule has 2 heterocycles. The van der Waals surface area contributed by atoms with E-state index in [2.05, 4.69) is 16.8 Å². The lowest BCUT2D eigenvalue weighted by Crippen LogP contribution is -2.48. The fourth-order valence-electron chi connectivity index (χ4n) is 4.15. The maximum absolute atomic E-state index is 10.2. The van der Waals surface area contributed by atoms with Crippen molar-refractivity contribution in [2.45, 2.75) is 69.2 Å². The van der Waals surface area contributed by atoms with Crippen molar-refractivity contribution in [3.63, 3.8) is 0 Å². The molecule has 1 saturated carbocycles. The summed E-state index contributed by atoms with van der Waals surface area (Å²) < 4.78 is 0. The summed E-state index contributed by atoms with van der Waals surface area (Å²) in [5, 5.41) is 10.2. The van der Waals surface area contributed by atoms with Crippen LogP contribution >= 0.6 is 0 Å². The molecule has 0 amide bonds. The number of fused-ring (bicyclic) bond motifs is 2. The lowest BCUT2D eigenvalue weighted by Gasteiger charge is -2.38. The molecule has 0 aromatic heterocycles. The highest BCUT2D eigenvalue weighted by Gasteiger charge is 2.38. The van der Waals surface area contributed by atoms with E-state index in [9.17, 15) is 5.11 Å². The first-order valence-corrected chi connectivity index (χ1v) is 7.40. The van der Waals surface area contributed by atoms with Crippen LogP contribution in [0.15, 0.2) is 0 Å². The first-order chi connectivity index (χ1) is 8.25. The number of rotatable bonds is 1. The van der Waals surface area contributed by atoms with Crippen LogP contribution in [0, 0.1) is 0 Å². The second kappa shape index (κ2) is 4.87. The first-order valence-electron chi connectivity index (χ1n) is 7.40. The van der Waals surface area contributed by atoms with Gasteiger partial charge in [0, 0.05) is 31.2 Å². The minimum absolute atomic E-state index is 0.0642. The Kier molecular flexibility index (Phi) is 3.42. The summed E-state index contributed by atoms with van der Waals surface area (Å²) in [4.78, 5) is 5.19. The Morgan fingerprint density at radius 1 is 0.941 bits per heavy atom. The van der Waals surface area contributed by atoms with Crippen LogP contribution in [0.5, 0.6) is 0 Å². The maximum Gasteiger partial charge on any atom is 0.0695 e. The molecule has 2 bridgehead atoms. The quantitative estimate of drug-likeness (QED) is 0.749. The van der Waals surface area contributed by atoms with Crippen molar-refractivity contribution in [2.24, 2.45) is 0 Å². The Bertz CT molecular complexity index is 271. The summed E-state index contributed by atoms with van der Waals surface area (Å²) in [5.74, 6) is 0. The largest absolute Gasteiger partial charge is 0.391 e. The third-order valence-electron chi connectivity index (χ3n) is 5.34. The van der Waals surface area contributed by atoms with Crippen LogP contribution in [0.1, 0.15) is 44.9 Å². The van der Waals surface area contributed by atoms with Crippen LogP contribution in [-0.2, 0) is 0 Å². The molecule has 0 radical (unpaired) electrons. The van der Waals surface area contributed by atoms with E-state index in [1.165, 1.54) is 51.6 Å². The molecule has 1 N–H and O–H groups in total. The zero-order valence-corrected chi connectivity index (χ0v) is 11.0. The Labute approximate surface area is 105 Å². The van der Waals surface area contributed by atoms with Crippen LogP contribution in [-0.4, -0.2) is 59.3 Å². The molecule has 2 aliphatic heterocycles. The minimum atomic E-state index is -0.0642. The maximum atomic E-state index is 10.2. The van der Waals surface area contributed by atoms with Crippen molar-refractivity contribution in [1.29, 1.82) is 0 Å². The molecule has 1 aliphatic carbocycles. The Hall–Kier alpha value is -0.120. The molecule has 98 valence electrons. The molecule has 0 aromatic rings. The molecule has 3 aliphatic rings. The van der Waals surface area contributed by atoms with Crippen LogP contribution < -0.4 is 0 Å². The van der Waals surface area contributed by atoms with Gasteiger partial charge in [-0.2, -0.15) is 0 Å². The third kappa shape index (κ3) is 2.25. The van der Waals surface area contributed by atoms with Crippen molar-refractivity contribution in [3.8, 4) is 0 Å². The summed E-state index contributed by atoms with van der Waals surface area (Å²) in [5.41, 5.74) is 0. The van der Waals surface area contributed by atoms with Gasteiger partial charge in [-0.25, -0.2) is 0 Å². The number of likely N-dealkylation sites (tertiary alicyclic amines) is 1. The summed E-state index contributed by atoms with van der Waals surface area (Å²) in [6.45, 7) is 2.39.